The van der Waals surface area contributed by atoms with E-state index in [1.807, 2.05) is 26.0 Å². The molecule has 0 aliphatic rings. The average molecular weight is 311 g/mol. The lowest BCUT2D eigenvalue weighted by molar-refractivity contribution is -0.255. The number of hydrogen-bond acceptors (Lipinski definition) is 5. The average Bonchev–Trinajstić information content (AvgIpc) is 2.49. The molecule has 0 aliphatic carbocycles. The fourth-order valence-corrected chi connectivity index (χ4v) is 2.18. The van der Waals surface area contributed by atoms with Crippen LogP contribution in [0.1, 0.15) is 42.2 Å². The molecule has 6 heteroatoms. The van der Waals surface area contributed by atoms with E-state index in [1.54, 1.807) is 6.07 Å². The van der Waals surface area contributed by atoms with E-state index >= 15 is 0 Å². The third-order valence-electron chi connectivity index (χ3n) is 3.35. The summed E-state index contributed by atoms with van der Waals surface area (Å²) in [5.74, 6) is -3.84. The molecule has 1 amide bonds. The van der Waals surface area contributed by atoms with Gasteiger partial charge in [0.25, 0.3) is 5.91 Å². The number of aryl methyl sites for hydroxylation is 2. The number of hydrogen-bond donors (Lipinski definition) is 1. The summed E-state index contributed by atoms with van der Waals surface area (Å²) in [5, 5.41) is 24.6. The van der Waals surface area contributed by atoms with E-state index < -0.39 is 23.4 Å². The number of anilines is 1. The quantitative estimate of drug-likeness (QED) is 0.872. The van der Waals surface area contributed by atoms with Gasteiger partial charge in [0.05, 0.1) is 11.9 Å². The molecule has 0 aromatic heterocycles. The number of rotatable bonds is 4. The Labute approximate surface area is 132 Å². The van der Waals surface area contributed by atoms with Crippen molar-refractivity contribution in [1.82, 2.24) is 0 Å². The number of benzene rings is 2. The standard InChI is InChI=1S/C17H15NO5/c1-9-3-6-14(10(2)7-9)18-15(19)12-5-4-11(16(20)21)8-13(12)17(22)23/h3-8H,1-2H3,(H,18,19)(H,20,21)(H,22,23)/p-2. The molecule has 2 rings (SSSR count). The van der Waals surface area contributed by atoms with Crippen LogP contribution in [0.2, 0.25) is 0 Å². The van der Waals surface area contributed by atoms with E-state index in [2.05, 4.69) is 5.32 Å². The topological polar surface area (TPSA) is 109 Å². The van der Waals surface area contributed by atoms with Crippen molar-refractivity contribution >= 4 is 23.5 Å². The molecule has 1 N–H and O–H groups in total. The lowest BCUT2D eigenvalue weighted by Gasteiger charge is -2.14. The van der Waals surface area contributed by atoms with E-state index in [1.165, 1.54) is 0 Å². The third-order valence-corrected chi connectivity index (χ3v) is 3.35. The number of aromatic carboxylic acids is 2. The minimum absolute atomic E-state index is 0.185. The molecular weight excluding hydrogens is 298 g/mol. The molecule has 0 fully saturated rings. The number of carboxylic acids is 2. The van der Waals surface area contributed by atoms with E-state index in [0.717, 1.165) is 29.3 Å². The zero-order valence-electron chi connectivity index (χ0n) is 12.5. The molecular formula is C17H13NO5-2. The highest BCUT2D eigenvalue weighted by Crippen LogP contribution is 2.19. The number of nitrogens with one attached hydrogen (secondary N) is 1. The van der Waals surface area contributed by atoms with E-state index in [9.17, 15) is 24.6 Å². The van der Waals surface area contributed by atoms with Crippen LogP contribution in [0.25, 0.3) is 0 Å². The molecule has 2 aromatic carbocycles. The molecule has 6 nitrogen and oxygen atoms in total. The first-order valence-electron chi connectivity index (χ1n) is 6.75. The smallest absolute Gasteiger partial charge is 0.256 e. The Morgan fingerprint density at radius 2 is 1.57 bits per heavy atom. The predicted octanol–water partition coefficient (Wildman–Crippen LogP) is 0.283. The Balaban J connectivity index is 2.38. The fraction of sp³-hybridized carbons (Fsp3) is 0.118. The molecule has 0 aliphatic heterocycles. The van der Waals surface area contributed by atoms with Crippen molar-refractivity contribution in [3.05, 3.63) is 64.2 Å². The summed E-state index contributed by atoms with van der Waals surface area (Å²) in [7, 11) is 0. The first kappa shape index (κ1) is 16.2. The number of carbonyl (C=O) groups excluding carboxylic acids is 3. The molecule has 0 spiro atoms. The lowest BCUT2D eigenvalue weighted by atomic mass is 10.0. The highest BCUT2D eigenvalue weighted by molar-refractivity contribution is 6.11. The Morgan fingerprint density at radius 3 is 2.13 bits per heavy atom. The van der Waals surface area contributed by atoms with Crippen LogP contribution in [0, 0.1) is 13.8 Å². The highest BCUT2D eigenvalue weighted by atomic mass is 16.4. The summed E-state index contributed by atoms with van der Waals surface area (Å²) >= 11 is 0. The maximum atomic E-state index is 12.3. The fourth-order valence-electron chi connectivity index (χ4n) is 2.18. The molecule has 23 heavy (non-hydrogen) atoms. The van der Waals surface area contributed by atoms with Crippen LogP contribution in [-0.4, -0.2) is 17.8 Å². The normalized spacial score (nSPS) is 10.2. The third kappa shape index (κ3) is 3.55. The largest absolute Gasteiger partial charge is 0.545 e. The van der Waals surface area contributed by atoms with Crippen molar-refractivity contribution in [2.45, 2.75) is 13.8 Å². The van der Waals surface area contributed by atoms with Gasteiger partial charge in [0.2, 0.25) is 0 Å². The zero-order valence-corrected chi connectivity index (χ0v) is 12.5. The first-order valence-corrected chi connectivity index (χ1v) is 6.75. The second-order valence-electron chi connectivity index (χ2n) is 5.11. The van der Waals surface area contributed by atoms with Crippen LogP contribution >= 0.6 is 0 Å². The second-order valence-corrected chi connectivity index (χ2v) is 5.11. The minimum atomic E-state index is -1.64. The molecule has 0 saturated carbocycles. The van der Waals surface area contributed by atoms with Crippen molar-refractivity contribution < 1.29 is 24.6 Å². The van der Waals surface area contributed by atoms with Crippen LogP contribution in [-0.2, 0) is 0 Å². The number of carboxylic acid groups (broad SMARTS) is 2. The van der Waals surface area contributed by atoms with Gasteiger partial charge in [-0.15, -0.1) is 0 Å². The summed E-state index contributed by atoms with van der Waals surface area (Å²) in [4.78, 5) is 34.3. The molecule has 0 bridgehead atoms. The molecule has 2 aromatic rings. The van der Waals surface area contributed by atoms with Crippen molar-refractivity contribution in [3.63, 3.8) is 0 Å². The van der Waals surface area contributed by atoms with Gasteiger partial charge in [0.1, 0.15) is 0 Å². The van der Waals surface area contributed by atoms with Gasteiger partial charge in [0.15, 0.2) is 0 Å². The van der Waals surface area contributed by atoms with Crippen LogP contribution in [0.4, 0.5) is 5.69 Å². The van der Waals surface area contributed by atoms with Gasteiger partial charge >= 0.3 is 0 Å². The van der Waals surface area contributed by atoms with Crippen LogP contribution in [0.15, 0.2) is 36.4 Å². The first-order chi connectivity index (χ1) is 10.8. The van der Waals surface area contributed by atoms with Gasteiger partial charge in [-0.1, -0.05) is 23.8 Å². The number of amides is 1. The maximum Gasteiger partial charge on any atom is 0.256 e. The van der Waals surface area contributed by atoms with Crippen molar-refractivity contribution in [3.8, 4) is 0 Å². The van der Waals surface area contributed by atoms with E-state index in [0.29, 0.717) is 5.69 Å². The molecule has 0 atom stereocenters. The molecule has 0 heterocycles. The minimum Gasteiger partial charge on any atom is -0.545 e. The lowest BCUT2D eigenvalue weighted by Crippen LogP contribution is -2.28. The second kappa shape index (κ2) is 6.31. The van der Waals surface area contributed by atoms with Gasteiger partial charge in [0, 0.05) is 16.8 Å². The summed E-state index contributed by atoms with van der Waals surface area (Å²) in [5.41, 5.74) is 1.35. The summed E-state index contributed by atoms with van der Waals surface area (Å²) in [6.07, 6.45) is 0. The van der Waals surface area contributed by atoms with Gasteiger partial charge in [-0.05, 0) is 43.2 Å². The van der Waals surface area contributed by atoms with Crippen molar-refractivity contribution in [1.29, 1.82) is 0 Å². The maximum absolute atomic E-state index is 12.3. The Kier molecular flexibility index (Phi) is 4.45. The van der Waals surface area contributed by atoms with Crippen LogP contribution < -0.4 is 15.5 Å². The van der Waals surface area contributed by atoms with Crippen LogP contribution in [0.3, 0.4) is 0 Å². The van der Waals surface area contributed by atoms with Gasteiger partial charge in [-0.25, -0.2) is 0 Å². The number of carbonyl (C=O) groups is 3. The molecule has 0 radical (unpaired) electrons. The van der Waals surface area contributed by atoms with E-state index in [4.69, 9.17) is 0 Å². The van der Waals surface area contributed by atoms with Gasteiger partial charge < -0.3 is 25.1 Å². The summed E-state index contributed by atoms with van der Waals surface area (Å²) in [6, 6.07) is 8.46. The van der Waals surface area contributed by atoms with Crippen molar-refractivity contribution in [2.75, 3.05) is 5.32 Å². The summed E-state index contributed by atoms with van der Waals surface area (Å²) in [6.45, 7) is 3.72. The molecule has 118 valence electrons. The monoisotopic (exact) mass is 311 g/mol. The molecule has 0 unspecified atom stereocenters. The Bertz CT molecular complexity index is 811. The SMILES string of the molecule is Cc1ccc(NC(=O)c2ccc(C(=O)[O-])cc2C(=O)[O-])c(C)c1. The van der Waals surface area contributed by atoms with Crippen molar-refractivity contribution in [2.24, 2.45) is 0 Å². The van der Waals surface area contributed by atoms with Gasteiger partial charge in [-0.3, -0.25) is 4.79 Å². The summed E-state index contributed by atoms with van der Waals surface area (Å²) < 4.78 is 0. The predicted molar refractivity (Wildman–Crippen MR) is 79.0 cm³/mol. The van der Waals surface area contributed by atoms with Gasteiger partial charge in [-0.2, -0.15) is 0 Å². The zero-order chi connectivity index (χ0) is 17.1. The Morgan fingerprint density at radius 1 is 0.870 bits per heavy atom. The van der Waals surface area contributed by atoms with E-state index in [-0.39, 0.29) is 11.1 Å². The van der Waals surface area contributed by atoms with Crippen LogP contribution in [0.5, 0.6) is 0 Å². The molecule has 0 saturated heterocycles. The highest BCUT2D eigenvalue weighted by Gasteiger charge is 2.14. The Hall–Kier alpha value is -3.15.